The standard InChI is InChI=1S/C11H14ClFNO2/c1-14(2,3)10-6-8(12)7(5-9(10)13)11(15)16-4/h5-6H,1-4H3/q+1. The van der Waals surface area contributed by atoms with Gasteiger partial charge in [0.15, 0.2) is 11.5 Å². The van der Waals surface area contributed by atoms with Crippen LogP contribution in [0.3, 0.4) is 0 Å². The van der Waals surface area contributed by atoms with E-state index in [0.717, 1.165) is 6.07 Å². The summed E-state index contributed by atoms with van der Waals surface area (Å²) in [5, 5.41) is 0.191. The average Bonchev–Trinajstić information content (AvgIpc) is 2.18. The molecule has 0 aliphatic rings. The number of ether oxygens (including phenoxy) is 1. The Hall–Kier alpha value is -1.13. The van der Waals surface area contributed by atoms with Crippen LogP contribution in [0.25, 0.3) is 0 Å². The molecule has 0 saturated carbocycles. The third-order valence-electron chi connectivity index (χ3n) is 2.16. The Morgan fingerprint density at radius 3 is 2.38 bits per heavy atom. The first-order valence-corrected chi connectivity index (χ1v) is 5.04. The van der Waals surface area contributed by atoms with Crippen molar-refractivity contribution in [1.82, 2.24) is 4.48 Å². The number of hydrogen-bond acceptors (Lipinski definition) is 2. The van der Waals surface area contributed by atoms with Gasteiger partial charge in [-0.15, -0.1) is 0 Å². The zero-order valence-electron chi connectivity index (χ0n) is 9.67. The molecular formula is C11H14ClFNO2+. The van der Waals surface area contributed by atoms with E-state index in [4.69, 9.17) is 11.6 Å². The number of rotatable bonds is 2. The van der Waals surface area contributed by atoms with Gasteiger partial charge in [0.25, 0.3) is 0 Å². The van der Waals surface area contributed by atoms with Crippen molar-refractivity contribution in [2.24, 2.45) is 0 Å². The van der Waals surface area contributed by atoms with Crippen molar-refractivity contribution in [1.29, 1.82) is 0 Å². The van der Waals surface area contributed by atoms with Crippen LogP contribution < -0.4 is 4.48 Å². The number of esters is 1. The van der Waals surface area contributed by atoms with Gasteiger partial charge in [-0.1, -0.05) is 11.6 Å². The van der Waals surface area contributed by atoms with Gasteiger partial charge in [-0.05, 0) is 6.07 Å². The van der Waals surface area contributed by atoms with Crippen molar-refractivity contribution in [3.05, 3.63) is 28.5 Å². The summed E-state index contributed by atoms with van der Waals surface area (Å²) in [4.78, 5) is 11.3. The lowest BCUT2D eigenvalue weighted by atomic mass is 10.1. The minimum absolute atomic E-state index is 0.0406. The second-order valence-electron chi connectivity index (χ2n) is 4.29. The first-order valence-electron chi connectivity index (χ1n) is 4.66. The molecule has 0 amide bonds. The first kappa shape index (κ1) is 12.9. The molecule has 3 nitrogen and oxygen atoms in total. The van der Waals surface area contributed by atoms with Gasteiger partial charge in [0, 0.05) is 6.07 Å². The number of benzene rings is 1. The molecule has 16 heavy (non-hydrogen) atoms. The Morgan fingerprint density at radius 1 is 1.38 bits per heavy atom. The van der Waals surface area contributed by atoms with Crippen molar-refractivity contribution in [2.45, 2.75) is 0 Å². The van der Waals surface area contributed by atoms with Crippen molar-refractivity contribution >= 4 is 23.3 Å². The van der Waals surface area contributed by atoms with Crippen molar-refractivity contribution in [3.63, 3.8) is 0 Å². The summed E-state index contributed by atoms with van der Waals surface area (Å²) in [7, 11) is 6.66. The highest BCUT2D eigenvalue weighted by atomic mass is 35.5. The first-order chi connectivity index (χ1) is 7.27. The molecule has 0 aliphatic heterocycles. The van der Waals surface area contributed by atoms with E-state index in [1.165, 1.54) is 13.2 Å². The van der Waals surface area contributed by atoms with E-state index in [9.17, 15) is 9.18 Å². The van der Waals surface area contributed by atoms with E-state index in [1.54, 1.807) is 0 Å². The van der Waals surface area contributed by atoms with Gasteiger partial charge in [-0.2, -0.15) is 0 Å². The SMILES string of the molecule is COC(=O)c1cc(F)c([N+](C)(C)C)cc1Cl. The zero-order valence-corrected chi connectivity index (χ0v) is 10.4. The molecule has 0 atom stereocenters. The molecule has 1 rings (SSSR count). The van der Waals surface area contributed by atoms with Gasteiger partial charge in [-0.25, -0.2) is 9.18 Å². The van der Waals surface area contributed by atoms with Gasteiger partial charge >= 0.3 is 5.97 Å². The van der Waals surface area contributed by atoms with Gasteiger partial charge in [0.2, 0.25) is 0 Å². The normalized spacial score (nSPS) is 11.4. The highest BCUT2D eigenvalue weighted by molar-refractivity contribution is 6.33. The van der Waals surface area contributed by atoms with E-state index in [2.05, 4.69) is 4.74 Å². The Labute approximate surface area is 99.0 Å². The smallest absolute Gasteiger partial charge is 0.339 e. The number of nitrogens with zero attached hydrogens (tertiary/aromatic N) is 1. The number of methoxy groups -OCH3 is 1. The third kappa shape index (κ3) is 2.51. The molecule has 88 valence electrons. The highest BCUT2D eigenvalue weighted by Crippen LogP contribution is 2.29. The molecule has 0 aromatic heterocycles. The Morgan fingerprint density at radius 2 is 1.94 bits per heavy atom. The van der Waals surface area contributed by atoms with Crippen LogP contribution in [-0.4, -0.2) is 34.2 Å². The number of halogens is 2. The van der Waals surface area contributed by atoms with E-state index in [-0.39, 0.29) is 15.1 Å². The average molecular weight is 247 g/mol. The molecular weight excluding hydrogens is 233 g/mol. The fourth-order valence-corrected chi connectivity index (χ4v) is 1.55. The summed E-state index contributed by atoms with van der Waals surface area (Å²) in [5.41, 5.74) is 0.455. The predicted molar refractivity (Wildman–Crippen MR) is 62.3 cm³/mol. The summed E-state index contributed by atoms with van der Waals surface area (Å²) in [5.74, 6) is -1.12. The minimum atomic E-state index is -0.642. The summed E-state index contributed by atoms with van der Waals surface area (Å²) in [6, 6.07) is 2.55. The number of carbonyl (C=O) groups excluding carboxylic acids is 1. The molecule has 0 heterocycles. The molecule has 1 aromatic carbocycles. The molecule has 0 unspecified atom stereocenters. The maximum absolute atomic E-state index is 13.7. The van der Waals surface area contributed by atoms with Gasteiger partial charge in [-0.3, -0.25) is 4.48 Å². The topological polar surface area (TPSA) is 26.3 Å². The minimum Gasteiger partial charge on any atom is -0.465 e. The highest BCUT2D eigenvalue weighted by Gasteiger charge is 2.23. The van der Waals surface area contributed by atoms with E-state index in [0.29, 0.717) is 5.69 Å². The maximum atomic E-state index is 13.7. The van der Waals surface area contributed by atoms with E-state index in [1.807, 2.05) is 21.1 Å². The number of quaternary nitrogens is 1. The Balaban J connectivity index is 3.33. The molecule has 0 aliphatic carbocycles. The Bertz CT molecular complexity index is 427. The van der Waals surface area contributed by atoms with Crippen LogP contribution in [0, 0.1) is 5.82 Å². The fourth-order valence-electron chi connectivity index (χ4n) is 1.32. The monoisotopic (exact) mass is 246 g/mol. The van der Waals surface area contributed by atoms with Crippen LogP contribution >= 0.6 is 11.6 Å². The largest absolute Gasteiger partial charge is 0.465 e. The summed E-state index contributed by atoms with van der Waals surface area (Å²) < 4.78 is 18.5. The van der Waals surface area contributed by atoms with Crippen LogP contribution in [0.4, 0.5) is 10.1 Å². The molecule has 1 aromatic rings. The van der Waals surface area contributed by atoms with Crippen molar-refractivity contribution < 1.29 is 13.9 Å². The van der Waals surface area contributed by atoms with Crippen molar-refractivity contribution in [3.8, 4) is 0 Å². The zero-order chi connectivity index (χ0) is 12.5. The van der Waals surface area contributed by atoms with Crippen molar-refractivity contribution in [2.75, 3.05) is 28.3 Å². The summed E-state index contributed by atoms with van der Waals surface area (Å²) in [6.07, 6.45) is 0. The van der Waals surface area contributed by atoms with Crippen LogP contribution in [-0.2, 0) is 4.74 Å². The quantitative estimate of drug-likeness (QED) is 0.592. The molecule has 0 fully saturated rings. The molecule has 0 N–H and O–H groups in total. The number of carbonyl (C=O) groups is 1. The fraction of sp³-hybridized carbons (Fsp3) is 0.364. The molecule has 0 saturated heterocycles. The van der Waals surface area contributed by atoms with Gasteiger partial charge < -0.3 is 4.74 Å². The summed E-state index contributed by atoms with van der Waals surface area (Å²) in [6.45, 7) is 0. The van der Waals surface area contributed by atoms with E-state index >= 15 is 0 Å². The predicted octanol–water partition coefficient (Wildman–Crippen LogP) is 2.46. The second-order valence-corrected chi connectivity index (χ2v) is 4.69. The molecule has 5 heteroatoms. The van der Waals surface area contributed by atoms with Crippen LogP contribution in [0.2, 0.25) is 5.02 Å². The summed E-state index contributed by atoms with van der Waals surface area (Å²) >= 11 is 5.90. The lowest BCUT2D eigenvalue weighted by Gasteiger charge is -2.24. The second kappa shape index (κ2) is 4.39. The van der Waals surface area contributed by atoms with Gasteiger partial charge in [0.05, 0.1) is 38.8 Å². The molecule has 0 radical (unpaired) electrons. The number of hydrogen-bond donors (Lipinski definition) is 0. The van der Waals surface area contributed by atoms with Crippen LogP contribution in [0.5, 0.6) is 0 Å². The van der Waals surface area contributed by atoms with E-state index < -0.39 is 11.8 Å². The third-order valence-corrected chi connectivity index (χ3v) is 2.48. The maximum Gasteiger partial charge on any atom is 0.339 e. The Kier molecular flexibility index (Phi) is 3.55. The molecule has 0 spiro atoms. The lowest BCUT2D eigenvalue weighted by molar-refractivity contribution is 0.0600. The van der Waals surface area contributed by atoms with Crippen LogP contribution in [0.1, 0.15) is 10.4 Å². The van der Waals surface area contributed by atoms with Gasteiger partial charge in [0.1, 0.15) is 0 Å². The lowest BCUT2D eigenvalue weighted by Crippen LogP contribution is -2.35. The molecule has 0 bridgehead atoms. The van der Waals surface area contributed by atoms with Crippen LogP contribution in [0.15, 0.2) is 12.1 Å².